The van der Waals surface area contributed by atoms with Gasteiger partial charge in [0.2, 0.25) is 0 Å². The van der Waals surface area contributed by atoms with Gasteiger partial charge in [0.05, 0.1) is 22.8 Å². The summed E-state index contributed by atoms with van der Waals surface area (Å²) in [7, 11) is 0. The molecule has 1 unspecified atom stereocenters. The summed E-state index contributed by atoms with van der Waals surface area (Å²) in [6.45, 7) is 43.2. The molecule has 0 aromatic heterocycles. The lowest BCUT2D eigenvalue weighted by atomic mass is 9.81. The van der Waals surface area contributed by atoms with E-state index in [1.165, 1.54) is 10.8 Å². The normalized spacial score (nSPS) is 19.5. The molecule has 0 aliphatic carbocycles. The summed E-state index contributed by atoms with van der Waals surface area (Å²) in [6.07, 6.45) is 2.17. The second-order valence-electron chi connectivity index (χ2n) is 15.3. The van der Waals surface area contributed by atoms with Gasteiger partial charge in [-0.3, -0.25) is 4.99 Å². The third-order valence-electron chi connectivity index (χ3n) is 11.5. The van der Waals surface area contributed by atoms with Crippen molar-refractivity contribution in [1.29, 1.82) is 0 Å². The highest BCUT2D eigenvalue weighted by Gasteiger charge is 2.41. The molecule has 4 aromatic carbocycles. The van der Waals surface area contributed by atoms with E-state index < -0.39 is 0 Å². The fraction of sp³-hybridized carbons (Fsp3) is 0.222. The zero-order valence-corrected chi connectivity index (χ0v) is 29.7. The largest absolute Gasteiger partial charge is 0.339 e. The molecule has 0 saturated heterocycles. The molecule has 5 heteroatoms. The smallest absolute Gasteiger partial charge is 0.136 e. The van der Waals surface area contributed by atoms with Crippen LogP contribution in [0.4, 0.5) is 0 Å². The molecule has 5 nitrogen and oxygen atoms in total. The number of fused-ring (bicyclic) bond motifs is 2. The van der Waals surface area contributed by atoms with Crippen LogP contribution in [-0.4, -0.2) is 44.8 Å². The molecule has 0 N–H and O–H groups in total. The van der Waals surface area contributed by atoms with Crippen LogP contribution in [0.1, 0.15) is 85.0 Å². The monoisotopic (exact) mass is 653 g/mol. The number of amidine groups is 1. The Morgan fingerprint density at radius 1 is 0.580 bits per heavy atom. The van der Waals surface area contributed by atoms with Crippen LogP contribution in [0, 0.1) is 5.41 Å². The zero-order chi connectivity index (χ0) is 35.1. The maximum atomic E-state index is 5.10. The summed E-state index contributed by atoms with van der Waals surface area (Å²) in [5.41, 5.74) is 15.1. The van der Waals surface area contributed by atoms with Gasteiger partial charge in [-0.05, 0) is 19.4 Å². The number of hydrogen-bond donors (Lipinski definition) is 0. The Balaban J connectivity index is 1.16. The van der Waals surface area contributed by atoms with Crippen LogP contribution >= 0.6 is 0 Å². The van der Waals surface area contributed by atoms with E-state index in [-0.39, 0.29) is 5.41 Å². The minimum Gasteiger partial charge on any atom is -0.339 e. The first-order valence-electron chi connectivity index (χ1n) is 17.6. The molecule has 50 heavy (non-hydrogen) atoms. The van der Waals surface area contributed by atoms with Crippen LogP contribution in [0.15, 0.2) is 99.6 Å². The molecule has 9 rings (SSSR count). The third kappa shape index (κ3) is 3.70. The molecule has 0 amide bonds. The third-order valence-corrected chi connectivity index (χ3v) is 11.5. The molecule has 0 radical (unpaired) electrons. The summed E-state index contributed by atoms with van der Waals surface area (Å²) in [6, 6.07) is 17.9. The van der Waals surface area contributed by atoms with E-state index in [0.717, 1.165) is 127 Å². The molecule has 1 atom stereocenters. The quantitative estimate of drug-likeness (QED) is 0.219. The van der Waals surface area contributed by atoms with Crippen LogP contribution < -0.4 is 0 Å². The highest BCUT2D eigenvalue weighted by Crippen LogP contribution is 2.54. The first kappa shape index (κ1) is 30.5. The second kappa shape index (κ2) is 10.0. The molecule has 4 aromatic rings. The number of hydrazine groups is 1. The lowest BCUT2D eigenvalue weighted by molar-refractivity contribution is 0.270. The Labute approximate surface area is 295 Å². The minimum absolute atomic E-state index is 0.0786. The van der Waals surface area contributed by atoms with E-state index in [4.69, 9.17) is 31.3 Å². The SMILES string of the molecule is C=C1c2ccc3c4c(ccc(c24)C2=NCC(C)(C)CN12)C(=C)N(N1C(=C)c2ccc4c5c(ccc(c25)C1=C)C(=C)N(C(C)CCC)C4=C)C3=C. The van der Waals surface area contributed by atoms with E-state index in [1.54, 1.807) is 0 Å². The Kier molecular flexibility index (Phi) is 6.11. The van der Waals surface area contributed by atoms with Crippen LogP contribution in [0.2, 0.25) is 0 Å². The van der Waals surface area contributed by atoms with E-state index in [0.29, 0.717) is 6.04 Å². The molecule has 248 valence electrons. The molecule has 0 fully saturated rings. The van der Waals surface area contributed by atoms with Crippen LogP contribution in [0.25, 0.3) is 61.4 Å². The van der Waals surface area contributed by atoms with Crippen molar-refractivity contribution >= 4 is 67.3 Å². The summed E-state index contributed by atoms with van der Waals surface area (Å²) in [4.78, 5) is 9.71. The number of nitrogens with zero attached hydrogens (tertiary/aromatic N) is 5. The van der Waals surface area contributed by atoms with Gasteiger partial charge >= 0.3 is 0 Å². The average Bonchev–Trinajstić information content (AvgIpc) is 3.08. The van der Waals surface area contributed by atoms with Gasteiger partial charge in [-0.2, -0.15) is 0 Å². The van der Waals surface area contributed by atoms with E-state index in [9.17, 15) is 0 Å². The molecule has 5 aliphatic rings. The first-order chi connectivity index (χ1) is 23.9. The predicted octanol–water partition coefficient (Wildman–Crippen LogP) is 10.6. The number of aliphatic imine (C=N–C) groups is 1. The number of hydrogen-bond acceptors (Lipinski definition) is 5. The van der Waals surface area contributed by atoms with Crippen molar-refractivity contribution in [2.45, 2.75) is 46.6 Å². The lowest BCUT2D eigenvalue weighted by Gasteiger charge is -2.48. The maximum Gasteiger partial charge on any atom is 0.136 e. The Bertz CT molecular complexity index is 2340. The summed E-state index contributed by atoms with van der Waals surface area (Å²) < 4.78 is 0. The van der Waals surface area contributed by atoms with Gasteiger partial charge in [-0.1, -0.05) is 116 Å². The van der Waals surface area contributed by atoms with Gasteiger partial charge in [0.25, 0.3) is 0 Å². The van der Waals surface area contributed by atoms with Crippen molar-refractivity contribution in [3.63, 3.8) is 0 Å². The fourth-order valence-corrected chi connectivity index (χ4v) is 9.15. The van der Waals surface area contributed by atoms with Crippen molar-refractivity contribution < 1.29 is 0 Å². The summed E-state index contributed by atoms with van der Waals surface area (Å²) >= 11 is 0. The van der Waals surface area contributed by atoms with E-state index in [1.807, 2.05) is 0 Å². The van der Waals surface area contributed by atoms with E-state index in [2.05, 4.69) is 116 Å². The van der Waals surface area contributed by atoms with Gasteiger partial charge in [-0.25, -0.2) is 10.0 Å². The van der Waals surface area contributed by atoms with Crippen molar-refractivity contribution in [2.24, 2.45) is 10.4 Å². The van der Waals surface area contributed by atoms with Crippen molar-refractivity contribution in [1.82, 2.24) is 19.8 Å². The van der Waals surface area contributed by atoms with Gasteiger partial charge in [0.15, 0.2) is 0 Å². The zero-order valence-electron chi connectivity index (χ0n) is 29.7. The number of rotatable bonds is 4. The molecule has 5 aliphatic heterocycles. The molecule has 0 spiro atoms. The molecule has 0 bridgehead atoms. The van der Waals surface area contributed by atoms with Crippen molar-refractivity contribution in [3.05, 3.63) is 139 Å². The molecule has 0 saturated carbocycles. The molecular formula is C45H43N5. The summed E-state index contributed by atoms with van der Waals surface area (Å²) in [5, 5.41) is 8.83. The van der Waals surface area contributed by atoms with Crippen LogP contribution in [0.5, 0.6) is 0 Å². The van der Waals surface area contributed by atoms with Gasteiger partial charge in [-0.15, -0.1) is 0 Å². The second-order valence-corrected chi connectivity index (χ2v) is 15.3. The first-order valence-corrected chi connectivity index (χ1v) is 17.6. The van der Waals surface area contributed by atoms with Crippen LogP contribution in [0.3, 0.4) is 0 Å². The molecular weight excluding hydrogens is 611 g/mol. The fourth-order valence-electron chi connectivity index (χ4n) is 9.15. The Morgan fingerprint density at radius 2 is 0.940 bits per heavy atom. The minimum atomic E-state index is 0.0786. The topological polar surface area (TPSA) is 25.3 Å². The number of benzene rings is 4. The van der Waals surface area contributed by atoms with Crippen molar-refractivity contribution in [2.75, 3.05) is 13.1 Å². The molecule has 5 heterocycles. The van der Waals surface area contributed by atoms with Gasteiger partial charge < -0.3 is 9.80 Å². The van der Waals surface area contributed by atoms with E-state index >= 15 is 0 Å². The highest BCUT2D eigenvalue weighted by molar-refractivity contribution is 6.23. The Hall–Kier alpha value is -5.55. The standard InChI is InChI=1S/C45H43N5/c1-12-13-24(2)48-26(4)33-15-18-35-28(6)49(29(7)36-19-16-34(27(48)5)40(33)41(35)36)50-30(8)37-17-14-32-25(3)47-23-45(10,11)22-46-44(47)39-21-20-38(31(50)9)42(37)43(32)39/h14-21,24H,3-9,12-13,22-23H2,1-2,10-11H3. The predicted molar refractivity (Wildman–Crippen MR) is 213 cm³/mol. The van der Waals surface area contributed by atoms with Crippen LogP contribution in [-0.2, 0) is 0 Å². The maximum absolute atomic E-state index is 5.10. The highest BCUT2D eigenvalue weighted by atomic mass is 15.6. The lowest BCUT2D eigenvalue weighted by Crippen LogP contribution is -2.45. The van der Waals surface area contributed by atoms with Gasteiger partial charge in [0, 0.05) is 108 Å². The van der Waals surface area contributed by atoms with Gasteiger partial charge in [0.1, 0.15) is 5.84 Å². The Morgan fingerprint density at radius 3 is 1.36 bits per heavy atom. The summed E-state index contributed by atoms with van der Waals surface area (Å²) in [5.74, 6) is 1.01. The average molecular weight is 654 g/mol. The van der Waals surface area contributed by atoms with Crippen molar-refractivity contribution in [3.8, 4) is 0 Å².